The normalized spacial score (nSPS) is 26.2. The lowest BCUT2D eigenvalue weighted by molar-refractivity contribution is -0.149. The van der Waals surface area contributed by atoms with E-state index in [0.29, 0.717) is 0 Å². The summed E-state index contributed by atoms with van der Waals surface area (Å²) in [5.41, 5.74) is -0.486. The summed E-state index contributed by atoms with van der Waals surface area (Å²) in [6, 6.07) is -0.385. The van der Waals surface area contributed by atoms with E-state index in [-0.39, 0.29) is 23.1 Å². The van der Waals surface area contributed by atoms with Gasteiger partial charge in [0.15, 0.2) is 5.70 Å². The molecule has 5 nitrogen and oxygen atoms in total. The van der Waals surface area contributed by atoms with Crippen LogP contribution in [0.4, 0.5) is 4.39 Å². The number of fused-ring (bicyclic) bond motifs is 1. The van der Waals surface area contributed by atoms with Gasteiger partial charge >= 0.3 is 5.97 Å². The number of aliphatic carboxylic acids is 1. The van der Waals surface area contributed by atoms with Gasteiger partial charge in [0.2, 0.25) is 5.91 Å². The SMILES string of the molecule is CCCCCNC1C(=O)N2C(C(=O)O)=C(F)CS[C@@H]12. The number of hydrogen-bond donors (Lipinski definition) is 2. The van der Waals surface area contributed by atoms with Crippen molar-refractivity contribution in [3.63, 3.8) is 0 Å². The predicted molar refractivity (Wildman–Crippen MR) is 70.2 cm³/mol. The first-order chi connectivity index (χ1) is 9.07. The van der Waals surface area contributed by atoms with Crippen molar-refractivity contribution >= 4 is 23.6 Å². The maximum Gasteiger partial charge on any atom is 0.355 e. The van der Waals surface area contributed by atoms with Crippen molar-refractivity contribution in [2.75, 3.05) is 12.3 Å². The number of rotatable bonds is 6. The van der Waals surface area contributed by atoms with Crippen LogP contribution >= 0.6 is 11.8 Å². The van der Waals surface area contributed by atoms with Crippen molar-refractivity contribution in [3.8, 4) is 0 Å². The van der Waals surface area contributed by atoms with Gasteiger partial charge in [-0.1, -0.05) is 19.8 Å². The van der Waals surface area contributed by atoms with E-state index in [1.54, 1.807) is 0 Å². The summed E-state index contributed by atoms with van der Waals surface area (Å²) in [4.78, 5) is 23.9. The average molecular weight is 288 g/mol. The van der Waals surface area contributed by atoms with Crippen LogP contribution in [0, 0.1) is 0 Å². The highest BCUT2D eigenvalue weighted by Crippen LogP contribution is 2.40. The molecule has 1 amide bonds. The third-order valence-electron chi connectivity index (χ3n) is 3.27. The van der Waals surface area contributed by atoms with Crippen LogP contribution in [0.25, 0.3) is 0 Å². The Balaban J connectivity index is 1.97. The summed E-state index contributed by atoms with van der Waals surface area (Å²) in [6.07, 6.45) is 3.17. The zero-order chi connectivity index (χ0) is 14.0. The molecule has 2 rings (SSSR count). The standard InChI is InChI=1S/C12H17FN2O3S/c1-2-3-4-5-14-8-10(16)15-9(12(17)18)7(13)6-19-11(8)15/h8,11,14H,2-6H2,1H3,(H,17,18)/t8?,11-/m0/s1. The molecule has 0 saturated carbocycles. The number of β-lactam (4-membered cyclic amide) rings is 1. The van der Waals surface area contributed by atoms with Gasteiger partial charge in [-0.25, -0.2) is 9.18 Å². The first kappa shape index (κ1) is 14.3. The number of carboxylic acids is 1. The second kappa shape index (κ2) is 5.92. The summed E-state index contributed by atoms with van der Waals surface area (Å²) in [7, 11) is 0. The van der Waals surface area contributed by atoms with Gasteiger partial charge in [-0.2, -0.15) is 0 Å². The largest absolute Gasteiger partial charge is 0.476 e. The first-order valence-corrected chi connectivity index (χ1v) is 7.42. The van der Waals surface area contributed by atoms with Crippen LogP contribution in [0.15, 0.2) is 11.5 Å². The zero-order valence-corrected chi connectivity index (χ0v) is 11.5. The lowest BCUT2D eigenvalue weighted by atomic mass is 10.0. The predicted octanol–water partition coefficient (Wildman–Crippen LogP) is 1.32. The Morgan fingerprint density at radius 2 is 2.32 bits per heavy atom. The van der Waals surface area contributed by atoms with Crippen LogP contribution in [0.3, 0.4) is 0 Å². The molecule has 1 fully saturated rings. The Bertz CT molecular complexity index is 427. The van der Waals surface area contributed by atoms with Crippen LogP contribution < -0.4 is 5.32 Å². The average Bonchev–Trinajstić information content (AvgIpc) is 2.38. The van der Waals surface area contributed by atoms with Gasteiger partial charge in [0.25, 0.3) is 0 Å². The molecule has 19 heavy (non-hydrogen) atoms. The van der Waals surface area contributed by atoms with Crippen LogP contribution in [0.5, 0.6) is 0 Å². The number of thioether (sulfide) groups is 1. The molecule has 0 spiro atoms. The molecular formula is C12H17FN2O3S. The lowest BCUT2D eigenvalue weighted by Crippen LogP contribution is -2.69. The number of hydrogen-bond acceptors (Lipinski definition) is 4. The minimum absolute atomic E-state index is 0.0171. The third kappa shape index (κ3) is 2.62. The monoisotopic (exact) mass is 288 g/mol. The minimum Gasteiger partial charge on any atom is -0.476 e. The van der Waals surface area contributed by atoms with Gasteiger partial charge in [0.1, 0.15) is 17.2 Å². The summed E-state index contributed by atoms with van der Waals surface area (Å²) in [6.45, 7) is 2.82. The Morgan fingerprint density at radius 1 is 1.58 bits per heavy atom. The van der Waals surface area contributed by atoms with Crippen molar-refractivity contribution in [1.82, 2.24) is 10.2 Å². The molecular weight excluding hydrogens is 271 g/mol. The molecule has 0 aromatic carbocycles. The van der Waals surface area contributed by atoms with Gasteiger partial charge in [-0.3, -0.25) is 9.69 Å². The zero-order valence-electron chi connectivity index (χ0n) is 10.7. The van der Waals surface area contributed by atoms with E-state index in [9.17, 15) is 14.0 Å². The Labute approximate surface area is 115 Å². The number of carboxylic acid groups (broad SMARTS) is 1. The van der Waals surface area contributed by atoms with Gasteiger partial charge in [0.05, 0.1) is 0 Å². The van der Waals surface area contributed by atoms with Crippen LogP contribution in [0.2, 0.25) is 0 Å². The Morgan fingerprint density at radius 3 is 2.95 bits per heavy atom. The first-order valence-electron chi connectivity index (χ1n) is 6.38. The summed E-state index contributed by atoms with van der Waals surface area (Å²) in [5, 5.41) is 11.8. The molecule has 1 saturated heterocycles. The van der Waals surface area contributed by atoms with E-state index in [1.165, 1.54) is 11.8 Å². The Hall–Kier alpha value is -1.08. The number of halogens is 1. The van der Waals surface area contributed by atoms with E-state index in [4.69, 9.17) is 5.11 Å². The van der Waals surface area contributed by atoms with E-state index in [0.717, 1.165) is 30.7 Å². The van der Waals surface area contributed by atoms with Crippen molar-refractivity contribution in [2.24, 2.45) is 0 Å². The molecule has 2 aliphatic heterocycles. The highest BCUT2D eigenvalue weighted by atomic mass is 32.2. The van der Waals surface area contributed by atoms with Crippen LogP contribution in [-0.4, -0.2) is 45.6 Å². The van der Waals surface area contributed by atoms with Gasteiger partial charge < -0.3 is 10.4 Å². The number of unbranched alkanes of at least 4 members (excludes halogenated alkanes) is 2. The van der Waals surface area contributed by atoms with Crippen molar-refractivity contribution < 1.29 is 19.1 Å². The fraction of sp³-hybridized carbons (Fsp3) is 0.667. The second-order valence-electron chi connectivity index (χ2n) is 4.61. The molecule has 1 unspecified atom stereocenters. The maximum atomic E-state index is 13.5. The number of nitrogens with one attached hydrogen (secondary N) is 1. The van der Waals surface area contributed by atoms with E-state index < -0.39 is 17.5 Å². The van der Waals surface area contributed by atoms with Gasteiger partial charge in [0, 0.05) is 5.75 Å². The highest BCUT2D eigenvalue weighted by molar-refractivity contribution is 8.00. The number of amides is 1. The molecule has 2 atom stereocenters. The number of carbonyl (C=O) groups is 2. The molecule has 0 bridgehead atoms. The molecule has 2 N–H and O–H groups in total. The molecule has 0 aromatic rings. The molecule has 7 heteroatoms. The number of nitrogens with zero attached hydrogens (tertiary/aromatic N) is 1. The van der Waals surface area contributed by atoms with Crippen molar-refractivity contribution in [3.05, 3.63) is 11.5 Å². The fourth-order valence-corrected chi connectivity index (χ4v) is 3.49. The molecule has 0 radical (unpaired) electrons. The van der Waals surface area contributed by atoms with Crippen molar-refractivity contribution in [1.29, 1.82) is 0 Å². The van der Waals surface area contributed by atoms with Gasteiger partial charge in [-0.05, 0) is 13.0 Å². The summed E-state index contributed by atoms with van der Waals surface area (Å²) in [5.74, 6) is -2.43. The lowest BCUT2D eigenvalue weighted by Gasteiger charge is -2.48. The maximum absolute atomic E-state index is 13.5. The quantitative estimate of drug-likeness (QED) is 0.570. The summed E-state index contributed by atoms with van der Waals surface area (Å²) >= 11 is 1.26. The van der Waals surface area contributed by atoms with Crippen molar-refractivity contribution in [2.45, 2.75) is 37.6 Å². The second-order valence-corrected chi connectivity index (χ2v) is 5.71. The molecule has 0 aromatic heterocycles. The summed E-state index contributed by atoms with van der Waals surface area (Å²) < 4.78 is 13.5. The minimum atomic E-state index is -1.37. The molecule has 106 valence electrons. The molecule has 2 aliphatic rings. The topological polar surface area (TPSA) is 69.6 Å². The van der Waals surface area contributed by atoms with Crippen LogP contribution in [0.1, 0.15) is 26.2 Å². The molecule has 2 heterocycles. The van der Waals surface area contributed by atoms with E-state index >= 15 is 0 Å². The highest BCUT2D eigenvalue weighted by Gasteiger charge is 2.53. The van der Waals surface area contributed by atoms with Crippen LogP contribution in [-0.2, 0) is 9.59 Å². The fourth-order valence-electron chi connectivity index (χ4n) is 2.27. The van der Waals surface area contributed by atoms with E-state index in [1.807, 2.05) is 0 Å². The smallest absolute Gasteiger partial charge is 0.355 e. The third-order valence-corrected chi connectivity index (χ3v) is 4.51. The Kier molecular flexibility index (Phi) is 4.46. The molecule has 0 aliphatic carbocycles. The number of carbonyl (C=O) groups excluding carboxylic acids is 1. The van der Waals surface area contributed by atoms with E-state index in [2.05, 4.69) is 12.2 Å². The van der Waals surface area contributed by atoms with Gasteiger partial charge in [-0.15, -0.1) is 11.8 Å².